The van der Waals surface area contributed by atoms with Crippen molar-refractivity contribution in [2.75, 3.05) is 0 Å². The van der Waals surface area contributed by atoms with Crippen molar-refractivity contribution in [2.24, 2.45) is 0 Å². The van der Waals surface area contributed by atoms with Crippen LogP contribution in [0.1, 0.15) is 11.1 Å². The Bertz CT molecular complexity index is 548. The summed E-state index contributed by atoms with van der Waals surface area (Å²) in [7, 11) is 0. The zero-order valence-electron chi connectivity index (χ0n) is 9.50. The molecule has 0 radical (unpaired) electrons. The van der Waals surface area contributed by atoms with Crippen LogP contribution in [0.3, 0.4) is 0 Å². The van der Waals surface area contributed by atoms with Crippen LogP contribution in [-0.4, -0.2) is 0 Å². The molecule has 0 aliphatic heterocycles. The fourth-order valence-electron chi connectivity index (χ4n) is 1.77. The van der Waals surface area contributed by atoms with Gasteiger partial charge in [-0.1, -0.05) is 42.5 Å². The third-order valence-electron chi connectivity index (χ3n) is 2.63. The highest BCUT2D eigenvalue weighted by atomic mass is 19.1. The molecule has 0 amide bonds. The number of rotatable bonds is 2. The van der Waals surface area contributed by atoms with Gasteiger partial charge in [0.1, 0.15) is 11.6 Å². The van der Waals surface area contributed by atoms with Gasteiger partial charge in [0, 0.05) is 5.56 Å². The molecule has 17 heavy (non-hydrogen) atoms. The smallest absolute Gasteiger partial charge is 0.133 e. The van der Waals surface area contributed by atoms with E-state index in [0.717, 1.165) is 11.1 Å². The Morgan fingerprint density at radius 1 is 1.00 bits per heavy atom. The summed E-state index contributed by atoms with van der Waals surface area (Å²) in [5.41, 5.74) is 2.31. The van der Waals surface area contributed by atoms with Gasteiger partial charge in [-0.15, -0.1) is 0 Å². The van der Waals surface area contributed by atoms with Crippen LogP contribution in [-0.2, 0) is 0 Å². The average Bonchev–Trinajstić information content (AvgIpc) is 2.28. The maximum Gasteiger partial charge on any atom is 0.133 e. The van der Waals surface area contributed by atoms with Crippen molar-refractivity contribution in [3.63, 3.8) is 0 Å². The Morgan fingerprint density at radius 2 is 1.65 bits per heavy atom. The first-order chi connectivity index (χ1) is 8.11. The van der Waals surface area contributed by atoms with Gasteiger partial charge in [0.15, 0.2) is 0 Å². The van der Waals surface area contributed by atoms with Crippen molar-refractivity contribution in [3.05, 3.63) is 65.7 Å². The van der Waals surface area contributed by atoms with Gasteiger partial charge < -0.3 is 0 Å². The molecule has 0 saturated carbocycles. The van der Waals surface area contributed by atoms with Crippen molar-refractivity contribution in [2.45, 2.75) is 6.92 Å². The Morgan fingerprint density at radius 3 is 2.18 bits per heavy atom. The molecular weight excluding hydrogens is 218 g/mol. The summed E-state index contributed by atoms with van der Waals surface area (Å²) >= 11 is 0. The highest BCUT2D eigenvalue weighted by Gasteiger charge is 2.09. The quantitative estimate of drug-likeness (QED) is 0.708. The first kappa shape index (κ1) is 11.5. The van der Waals surface area contributed by atoms with Gasteiger partial charge in [0.25, 0.3) is 0 Å². The maximum absolute atomic E-state index is 13.6. The van der Waals surface area contributed by atoms with E-state index in [1.807, 2.05) is 31.2 Å². The molecule has 0 aromatic heterocycles. The van der Waals surface area contributed by atoms with Gasteiger partial charge in [0.2, 0.25) is 0 Å². The molecule has 86 valence electrons. The van der Waals surface area contributed by atoms with Crippen LogP contribution in [0.4, 0.5) is 8.78 Å². The minimum atomic E-state index is -0.587. The molecule has 0 spiro atoms. The molecular formula is C15H12F2. The highest BCUT2D eigenvalue weighted by molar-refractivity contribution is 5.66. The largest absolute Gasteiger partial charge is 0.206 e. The second-order valence-corrected chi connectivity index (χ2v) is 3.93. The van der Waals surface area contributed by atoms with Crippen molar-refractivity contribution >= 4 is 6.08 Å². The molecule has 0 aliphatic carbocycles. The standard InChI is InChI=1S/C15H12F2/c1-3-13-14(16)8-12(9-15(13)17)11-6-4-5-10(2)7-11/h3-9H,1H2,2H3. The van der Waals surface area contributed by atoms with Crippen LogP contribution in [0.2, 0.25) is 0 Å². The van der Waals surface area contributed by atoms with E-state index in [1.165, 1.54) is 18.2 Å². The van der Waals surface area contributed by atoms with Crippen molar-refractivity contribution in [3.8, 4) is 11.1 Å². The molecule has 0 heterocycles. The molecule has 0 fully saturated rings. The lowest BCUT2D eigenvalue weighted by Gasteiger charge is -2.06. The maximum atomic E-state index is 13.6. The Labute approximate surface area is 99.2 Å². The van der Waals surface area contributed by atoms with Gasteiger partial charge in [-0.3, -0.25) is 0 Å². The molecule has 2 rings (SSSR count). The lowest BCUT2D eigenvalue weighted by Crippen LogP contribution is -1.91. The summed E-state index contributed by atoms with van der Waals surface area (Å²) in [4.78, 5) is 0. The molecule has 0 aliphatic rings. The number of benzene rings is 2. The van der Waals surface area contributed by atoms with Crippen molar-refractivity contribution in [1.29, 1.82) is 0 Å². The molecule has 0 nitrogen and oxygen atoms in total. The summed E-state index contributed by atoms with van der Waals surface area (Å²) < 4.78 is 27.2. The first-order valence-electron chi connectivity index (χ1n) is 5.30. The fraction of sp³-hybridized carbons (Fsp3) is 0.0667. The van der Waals surface area contributed by atoms with Crippen LogP contribution in [0.5, 0.6) is 0 Å². The second kappa shape index (κ2) is 4.50. The van der Waals surface area contributed by atoms with Crippen LogP contribution in [0.25, 0.3) is 17.2 Å². The number of aryl methyl sites for hydroxylation is 1. The van der Waals surface area contributed by atoms with E-state index in [2.05, 4.69) is 6.58 Å². The fourth-order valence-corrected chi connectivity index (χ4v) is 1.77. The molecule has 0 bridgehead atoms. The van der Waals surface area contributed by atoms with Crippen LogP contribution in [0, 0.1) is 18.6 Å². The van der Waals surface area contributed by atoms with E-state index in [9.17, 15) is 8.78 Å². The topological polar surface area (TPSA) is 0 Å². The minimum absolute atomic E-state index is 0.0820. The van der Waals surface area contributed by atoms with Crippen molar-refractivity contribution in [1.82, 2.24) is 0 Å². The molecule has 2 heteroatoms. The third kappa shape index (κ3) is 2.26. The summed E-state index contributed by atoms with van der Waals surface area (Å²) in [6.07, 6.45) is 1.19. The summed E-state index contributed by atoms with van der Waals surface area (Å²) in [5.74, 6) is -1.17. The molecule has 0 unspecified atom stereocenters. The van der Waals surface area contributed by atoms with Crippen LogP contribution in [0.15, 0.2) is 43.0 Å². The average molecular weight is 230 g/mol. The first-order valence-corrected chi connectivity index (χ1v) is 5.30. The Balaban J connectivity index is 2.58. The summed E-state index contributed by atoms with van der Waals surface area (Å²) in [6, 6.07) is 10.2. The molecule has 2 aromatic carbocycles. The van der Waals surface area contributed by atoms with Crippen LogP contribution >= 0.6 is 0 Å². The monoisotopic (exact) mass is 230 g/mol. The van der Waals surface area contributed by atoms with Gasteiger partial charge >= 0.3 is 0 Å². The lowest BCUT2D eigenvalue weighted by atomic mass is 10.0. The van der Waals surface area contributed by atoms with E-state index < -0.39 is 11.6 Å². The van der Waals surface area contributed by atoms with Gasteiger partial charge in [-0.2, -0.15) is 0 Å². The predicted molar refractivity (Wildman–Crippen MR) is 66.6 cm³/mol. The number of hydrogen-bond acceptors (Lipinski definition) is 0. The SMILES string of the molecule is C=Cc1c(F)cc(-c2cccc(C)c2)cc1F. The van der Waals surface area contributed by atoms with E-state index in [-0.39, 0.29) is 5.56 Å². The number of halogens is 2. The van der Waals surface area contributed by atoms with E-state index in [0.29, 0.717) is 5.56 Å². The van der Waals surface area contributed by atoms with Crippen LogP contribution < -0.4 is 0 Å². The van der Waals surface area contributed by atoms with Gasteiger partial charge in [0.05, 0.1) is 0 Å². The van der Waals surface area contributed by atoms with E-state index >= 15 is 0 Å². The zero-order chi connectivity index (χ0) is 12.4. The second-order valence-electron chi connectivity index (χ2n) is 3.93. The number of hydrogen-bond donors (Lipinski definition) is 0. The Hall–Kier alpha value is -1.96. The molecule has 0 saturated heterocycles. The molecule has 2 aromatic rings. The highest BCUT2D eigenvalue weighted by Crippen LogP contribution is 2.25. The predicted octanol–water partition coefficient (Wildman–Crippen LogP) is 4.58. The van der Waals surface area contributed by atoms with Gasteiger partial charge in [-0.25, -0.2) is 8.78 Å². The molecule has 0 N–H and O–H groups in total. The normalized spacial score (nSPS) is 10.3. The summed E-state index contributed by atoms with van der Waals surface area (Å²) in [5, 5.41) is 0. The Kier molecular flexibility index (Phi) is 3.05. The minimum Gasteiger partial charge on any atom is -0.206 e. The zero-order valence-corrected chi connectivity index (χ0v) is 9.50. The van der Waals surface area contributed by atoms with E-state index in [4.69, 9.17) is 0 Å². The van der Waals surface area contributed by atoms with E-state index in [1.54, 1.807) is 0 Å². The molecule has 0 atom stereocenters. The summed E-state index contributed by atoms with van der Waals surface area (Å²) in [6.45, 7) is 5.33. The van der Waals surface area contributed by atoms with Gasteiger partial charge in [-0.05, 0) is 30.2 Å². The lowest BCUT2D eigenvalue weighted by molar-refractivity contribution is 0.579. The van der Waals surface area contributed by atoms with Crippen molar-refractivity contribution < 1.29 is 8.78 Å². The third-order valence-corrected chi connectivity index (χ3v) is 2.63.